The largest absolute Gasteiger partial charge is 0.497 e. The first kappa shape index (κ1) is 23.5. The Bertz CT molecular complexity index is 1100. The van der Waals surface area contributed by atoms with Gasteiger partial charge < -0.3 is 14.2 Å². The van der Waals surface area contributed by atoms with Crippen molar-refractivity contribution >= 4 is 32.6 Å². The third-order valence-corrected chi connectivity index (χ3v) is 7.15. The summed E-state index contributed by atoms with van der Waals surface area (Å²) in [5.41, 5.74) is 3.83. The molecule has 0 unspecified atom stereocenters. The lowest BCUT2D eigenvalue weighted by Crippen LogP contribution is -2.39. The number of hydrogen-bond donors (Lipinski definition) is 0. The Labute approximate surface area is 198 Å². The number of methoxy groups -OCH3 is 2. The van der Waals surface area contributed by atoms with Crippen molar-refractivity contribution in [3.05, 3.63) is 47.0 Å². The zero-order chi connectivity index (χ0) is 23.4. The second kappa shape index (κ2) is 10.5. The third kappa shape index (κ3) is 5.29. The number of carbonyl (C=O) groups is 1. The second-order valence-corrected chi connectivity index (χ2v) is 9.23. The Morgan fingerprint density at radius 2 is 1.82 bits per heavy atom. The monoisotopic (exact) mass is 469 g/mol. The van der Waals surface area contributed by atoms with Crippen molar-refractivity contribution < 1.29 is 19.0 Å². The molecule has 1 aliphatic heterocycles. The lowest BCUT2D eigenvalue weighted by molar-refractivity contribution is 0.0376. The van der Waals surface area contributed by atoms with Gasteiger partial charge in [-0.3, -0.25) is 14.6 Å². The first-order valence-electron chi connectivity index (χ1n) is 11.2. The van der Waals surface area contributed by atoms with E-state index in [1.54, 1.807) is 48.7 Å². The fraction of sp³-hybridized carbons (Fsp3) is 0.440. The van der Waals surface area contributed by atoms with E-state index in [1.165, 1.54) is 5.56 Å². The van der Waals surface area contributed by atoms with Gasteiger partial charge in [-0.2, -0.15) is 0 Å². The zero-order valence-corrected chi connectivity index (χ0v) is 20.5. The molecule has 0 radical (unpaired) electrons. The number of ether oxygens (including phenoxy) is 3. The summed E-state index contributed by atoms with van der Waals surface area (Å²) in [6.45, 7) is 9.05. The van der Waals surface area contributed by atoms with Crippen molar-refractivity contribution in [1.29, 1.82) is 0 Å². The van der Waals surface area contributed by atoms with Gasteiger partial charge in [0.15, 0.2) is 5.13 Å². The molecule has 0 aliphatic carbocycles. The van der Waals surface area contributed by atoms with Crippen LogP contribution in [0.2, 0.25) is 0 Å². The Morgan fingerprint density at radius 3 is 2.48 bits per heavy atom. The summed E-state index contributed by atoms with van der Waals surface area (Å²) in [6, 6.07) is 9.47. The first-order valence-corrected chi connectivity index (χ1v) is 12.0. The van der Waals surface area contributed by atoms with Crippen LogP contribution in [-0.2, 0) is 4.74 Å². The Kier molecular flexibility index (Phi) is 7.47. The Morgan fingerprint density at radius 1 is 1.12 bits per heavy atom. The smallest absolute Gasteiger partial charge is 0.260 e. The average Bonchev–Trinajstić information content (AvgIpc) is 3.28. The van der Waals surface area contributed by atoms with Crippen LogP contribution in [0.25, 0.3) is 10.2 Å². The fourth-order valence-electron chi connectivity index (χ4n) is 3.98. The van der Waals surface area contributed by atoms with Crippen LogP contribution in [0.4, 0.5) is 5.13 Å². The molecule has 2 heterocycles. The number of thiazole rings is 1. The van der Waals surface area contributed by atoms with Gasteiger partial charge in [0.05, 0.1) is 37.6 Å². The molecular weight excluding hydrogens is 438 g/mol. The van der Waals surface area contributed by atoms with Crippen molar-refractivity contribution in [2.75, 3.05) is 58.5 Å². The highest BCUT2D eigenvalue weighted by Crippen LogP contribution is 2.33. The molecule has 1 aromatic heterocycles. The quantitative estimate of drug-likeness (QED) is 0.490. The fourth-order valence-corrected chi connectivity index (χ4v) is 5.03. The lowest BCUT2D eigenvalue weighted by atomic mass is 10.1. The number of hydrogen-bond acceptors (Lipinski definition) is 7. The minimum Gasteiger partial charge on any atom is -0.497 e. The number of amides is 1. The van der Waals surface area contributed by atoms with E-state index in [0.717, 1.165) is 55.0 Å². The highest BCUT2D eigenvalue weighted by atomic mass is 32.1. The summed E-state index contributed by atoms with van der Waals surface area (Å²) in [5, 5.41) is 0.715. The van der Waals surface area contributed by atoms with Crippen molar-refractivity contribution in [1.82, 2.24) is 9.88 Å². The number of rotatable bonds is 8. The van der Waals surface area contributed by atoms with Crippen molar-refractivity contribution in [2.45, 2.75) is 20.3 Å². The van der Waals surface area contributed by atoms with E-state index in [9.17, 15) is 4.79 Å². The molecule has 2 aromatic carbocycles. The average molecular weight is 470 g/mol. The van der Waals surface area contributed by atoms with Gasteiger partial charge in [0.2, 0.25) is 0 Å². The summed E-state index contributed by atoms with van der Waals surface area (Å²) in [5.74, 6) is 1.06. The van der Waals surface area contributed by atoms with Crippen molar-refractivity contribution in [3.8, 4) is 11.5 Å². The van der Waals surface area contributed by atoms with Gasteiger partial charge in [0.1, 0.15) is 11.5 Å². The molecule has 0 N–H and O–H groups in total. The number of carbonyl (C=O) groups excluding carboxylic acids is 1. The second-order valence-electron chi connectivity index (χ2n) is 8.22. The molecule has 3 aromatic rings. The summed E-state index contributed by atoms with van der Waals surface area (Å²) in [6.07, 6.45) is 0.848. The van der Waals surface area contributed by atoms with Crippen LogP contribution < -0.4 is 14.4 Å². The van der Waals surface area contributed by atoms with Gasteiger partial charge in [-0.1, -0.05) is 17.4 Å². The van der Waals surface area contributed by atoms with Crippen LogP contribution in [0, 0.1) is 13.8 Å². The predicted molar refractivity (Wildman–Crippen MR) is 132 cm³/mol. The number of aromatic nitrogens is 1. The molecule has 0 bridgehead atoms. The van der Waals surface area contributed by atoms with Gasteiger partial charge in [-0.05, 0) is 49.6 Å². The van der Waals surface area contributed by atoms with Crippen LogP contribution in [0.1, 0.15) is 27.9 Å². The highest BCUT2D eigenvalue weighted by Gasteiger charge is 2.23. The molecule has 33 heavy (non-hydrogen) atoms. The maximum Gasteiger partial charge on any atom is 0.260 e. The third-order valence-electron chi connectivity index (χ3n) is 6.11. The molecule has 4 rings (SSSR count). The Hall–Kier alpha value is -2.68. The van der Waals surface area contributed by atoms with E-state index in [4.69, 9.17) is 19.2 Å². The molecule has 0 spiro atoms. The summed E-state index contributed by atoms with van der Waals surface area (Å²) >= 11 is 1.56. The van der Waals surface area contributed by atoms with E-state index in [2.05, 4.69) is 30.9 Å². The zero-order valence-electron chi connectivity index (χ0n) is 19.7. The van der Waals surface area contributed by atoms with Crippen LogP contribution >= 0.6 is 11.3 Å². The standard InChI is InChI=1S/C25H31N3O4S/c1-17-6-7-22-23(18(17)2)26-25(33-22)28(9-5-8-27-10-12-32-13-11-27)24(29)19-14-20(30-3)16-21(15-19)31-4/h6-7,14-16H,5,8-13H2,1-4H3. The normalized spacial score (nSPS) is 14.4. The van der Waals surface area contributed by atoms with Gasteiger partial charge in [0.25, 0.3) is 5.91 Å². The molecule has 8 heteroatoms. The number of morpholine rings is 1. The van der Waals surface area contributed by atoms with Crippen LogP contribution in [-0.4, -0.2) is 69.4 Å². The van der Waals surface area contributed by atoms with Gasteiger partial charge in [-0.25, -0.2) is 4.98 Å². The SMILES string of the molecule is COc1cc(OC)cc(C(=O)N(CCCN2CCOCC2)c2nc3c(C)c(C)ccc3s2)c1. The van der Waals surface area contributed by atoms with E-state index in [1.807, 2.05) is 0 Å². The maximum absolute atomic E-state index is 13.7. The maximum atomic E-state index is 13.7. The molecule has 7 nitrogen and oxygen atoms in total. The molecule has 1 aliphatic rings. The topological polar surface area (TPSA) is 64.1 Å². The van der Waals surface area contributed by atoms with Gasteiger partial charge in [-0.15, -0.1) is 0 Å². The predicted octanol–water partition coefficient (Wildman–Crippen LogP) is 4.30. The highest BCUT2D eigenvalue weighted by molar-refractivity contribution is 7.22. The molecule has 0 atom stereocenters. The molecule has 176 valence electrons. The summed E-state index contributed by atoms with van der Waals surface area (Å²) < 4.78 is 17.3. The Balaban J connectivity index is 1.65. The summed E-state index contributed by atoms with van der Waals surface area (Å²) in [7, 11) is 3.17. The lowest BCUT2D eigenvalue weighted by Gasteiger charge is -2.27. The van der Waals surface area contributed by atoms with E-state index in [0.29, 0.717) is 28.7 Å². The minimum atomic E-state index is -0.109. The van der Waals surface area contributed by atoms with E-state index in [-0.39, 0.29) is 5.91 Å². The van der Waals surface area contributed by atoms with Crippen LogP contribution in [0.15, 0.2) is 30.3 Å². The number of benzene rings is 2. The number of nitrogens with zero attached hydrogens (tertiary/aromatic N) is 3. The molecule has 0 saturated carbocycles. The van der Waals surface area contributed by atoms with E-state index >= 15 is 0 Å². The van der Waals surface area contributed by atoms with E-state index < -0.39 is 0 Å². The van der Waals surface area contributed by atoms with Crippen molar-refractivity contribution in [2.24, 2.45) is 0 Å². The van der Waals surface area contributed by atoms with Gasteiger partial charge >= 0.3 is 0 Å². The molecular formula is C25H31N3O4S. The number of anilines is 1. The first-order chi connectivity index (χ1) is 16.0. The van der Waals surface area contributed by atoms with Crippen LogP contribution in [0.5, 0.6) is 11.5 Å². The number of fused-ring (bicyclic) bond motifs is 1. The summed E-state index contributed by atoms with van der Waals surface area (Å²) in [4.78, 5) is 22.8. The number of aryl methyl sites for hydroxylation is 2. The van der Waals surface area contributed by atoms with Crippen LogP contribution in [0.3, 0.4) is 0 Å². The minimum absolute atomic E-state index is 0.109. The molecule has 1 fully saturated rings. The molecule has 1 amide bonds. The van der Waals surface area contributed by atoms with Crippen molar-refractivity contribution in [3.63, 3.8) is 0 Å². The van der Waals surface area contributed by atoms with Gasteiger partial charge in [0, 0.05) is 37.8 Å². The molecule has 1 saturated heterocycles.